The molecule has 0 radical (unpaired) electrons. The lowest BCUT2D eigenvalue weighted by molar-refractivity contribution is -0.120. The maximum absolute atomic E-state index is 16.1. The molecule has 12 amide bonds. The number of anilines is 4. The van der Waals surface area contributed by atoms with E-state index in [-0.39, 0.29) is 145 Å². The second-order valence-corrected chi connectivity index (χ2v) is 33.5. The largest absolute Gasteiger partial charge is 0.493 e. The molecule has 4 heterocycles. The number of carbonyl (C=O) groups excluding carboxylic acids is 12. The van der Waals surface area contributed by atoms with Crippen LogP contribution in [0.2, 0.25) is 0 Å². The molecule has 0 fully saturated rings. The quantitative estimate of drug-likeness (QED) is 0.0285. The van der Waals surface area contributed by atoms with Crippen molar-refractivity contribution in [3.8, 4) is 23.0 Å². The van der Waals surface area contributed by atoms with E-state index in [0.29, 0.717) is 115 Å². The fourth-order valence-corrected chi connectivity index (χ4v) is 18.2. The molecule has 4 N–H and O–H groups in total. The van der Waals surface area contributed by atoms with Crippen LogP contribution in [0.4, 0.5) is 22.7 Å². The standard InChI is InChI=1S/C108H96N8O16/c1-5-45-129-93-69-53-71-59-78(110-98(118)90(50-66-31-15-10-16-32-66)114-103(123)83-39-23-24-40-84(83)104(114)124)61-73(94(71)130-46-6-2)55-75-63-80(112-100(120)92(52-68-35-19-12-20-36-68)116-107(127)87-43-27-28-44-88(87)108(116)128)64-76(96(75)132-48-8-4)56-74-62-79(111-99(119)91(51-67-33-17-11-18-34-67)115-105(125)85-41-25-26-42-86(85)106(115)126)60-72(95(74)131-47-7-3)54-70(93)58-77(57-69)109-97(117)89(49-65-29-13-9-14-30-65)113-101(121)81-37-21-22-38-82(81)102(113)122/h9-44,57-64,89-92H,5-8,45-56H2,1-4H3,(H,109,117)(H,110,118)(H,111,119)(H,112,120). The van der Waals surface area contributed by atoms with Gasteiger partial charge in [-0.15, -0.1) is 0 Å². The first-order chi connectivity index (χ1) is 64.3. The fourth-order valence-electron chi connectivity index (χ4n) is 18.2. The first-order valence-corrected chi connectivity index (χ1v) is 44.7. The zero-order valence-electron chi connectivity index (χ0n) is 73.3. The number of imide groups is 4. The fraction of sp³-hybridized carbons (Fsp3) is 0.222. The van der Waals surface area contributed by atoms with E-state index in [1.807, 2.05) is 52.0 Å². The molecule has 664 valence electrons. The van der Waals surface area contributed by atoms with Crippen molar-refractivity contribution in [3.63, 3.8) is 0 Å². The smallest absolute Gasteiger partial charge is 0.262 e. The van der Waals surface area contributed by atoms with Gasteiger partial charge >= 0.3 is 0 Å². The maximum Gasteiger partial charge on any atom is 0.262 e. The van der Waals surface area contributed by atoms with E-state index in [2.05, 4.69) is 21.3 Å². The lowest BCUT2D eigenvalue weighted by Gasteiger charge is -2.28. The highest BCUT2D eigenvalue weighted by Crippen LogP contribution is 2.45. The van der Waals surface area contributed by atoms with E-state index >= 15 is 19.2 Å². The van der Waals surface area contributed by atoms with Crippen LogP contribution in [0.3, 0.4) is 0 Å². The number of ether oxygens (including phenoxy) is 4. The number of rotatable bonds is 32. The van der Waals surface area contributed by atoms with E-state index in [1.54, 1.807) is 243 Å². The van der Waals surface area contributed by atoms with Gasteiger partial charge in [-0.1, -0.05) is 198 Å². The summed E-state index contributed by atoms with van der Waals surface area (Å²) in [5.74, 6) is -6.93. The van der Waals surface area contributed by atoms with Crippen molar-refractivity contribution in [1.82, 2.24) is 19.6 Å². The van der Waals surface area contributed by atoms with E-state index < -0.39 is 95.1 Å². The molecule has 0 saturated carbocycles. The topological polar surface area (TPSA) is 303 Å². The van der Waals surface area contributed by atoms with Gasteiger partial charge in [0, 0.05) is 119 Å². The van der Waals surface area contributed by atoms with Crippen LogP contribution in [-0.2, 0) is 70.5 Å². The van der Waals surface area contributed by atoms with Crippen molar-refractivity contribution in [2.45, 2.75) is 129 Å². The van der Waals surface area contributed by atoms with Crippen LogP contribution in [0, 0.1) is 0 Å². The van der Waals surface area contributed by atoms with Gasteiger partial charge in [0.25, 0.3) is 47.3 Å². The summed E-state index contributed by atoms with van der Waals surface area (Å²) in [6, 6.07) is 69.9. The van der Waals surface area contributed by atoms with E-state index in [0.717, 1.165) is 19.6 Å². The summed E-state index contributed by atoms with van der Waals surface area (Å²) in [6.07, 6.45) is 1.01. The van der Waals surface area contributed by atoms with Crippen LogP contribution in [0.5, 0.6) is 23.0 Å². The molecular formula is C108H96N8O16. The summed E-state index contributed by atoms with van der Waals surface area (Å²) in [6.45, 7) is 8.32. The Morgan fingerprint density at radius 3 is 0.545 bits per heavy atom. The molecule has 4 atom stereocenters. The van der Waals surface area contributed by atoms with Crippen molar-refractivity contribution in [1.29, 1.82) is 0 Å². The molecule has 0 aromatic heterocycles. The van der Waals surface area contributed by atoms with E-state index in [1.165, 1.54) is 0 Å². The van der Waals surface area contributed by atoms with Crippen LogP contribution >= 0.6 is 0 Å². The average Bonchev–Trinajstić information content (AvgIpc) is 1.75. The number of fused-ring (bicyclic) bond motifs is 12. The molecule has 12 aromatic rings. The van der Waals surface area contributed by atoms with Gasteiger partial charge in [0.1, 0.15) is 47.2 Å². The van der Waals surface area contributed by atoms with Gasteiger partial charge in [-0.05, 0) is 145 Å². The summed E-state index contributed by atoms with van der Waals surface area (Å²) in [7, 11) is 0. The number of carbonyl (C=O) groups is 12. The number of hydrogen-bond acceptors (Lipinski definition) is 16. The first kappa shape index (κ1) is 88.3. The number of amides is 12. The van der Waals surface area contributed by atoms with Gasteiger partial charge in [0.15, 0.2) is 0 Å². The molecule has 17 rings (SSSR count). The van der Waals surface area contributed by atoms with Crippen molar-refractivity contribution in [2.75, 3.05) is 47.7 Å². The molecule has 4 aliphatic heterocycles. The molecule has 5 aliphatic rings. The highest BCUT2D eigenvalue weighted by Gasteiger charge is 2.48. The second kappa shape index (κ2) is 39.1. The second-order valence-electron chi connectivity index (χ2n) is 33.5. The third-order valence-electron chi connectivity index (χ3n) is 24.2. The molecule has 0 saturated heterocycles. The minimum Gasteiger partial charge on any atom is -0.493 e. The highest BCUT2D eigenvalue weighted by molar-refractivity contribution is 6.26. The third-order valence-corrected chi connectivity index (χ3v) is 24.2. The number of hydrogen-bond donors (Lipinski definition) is 4. The Balaban J connectivity index is 0.893. The first-order valence-electron chi connectivity index (χ1n) is 44.7. The van der Waals surface area contributed by atoms with Crippen LogP contribution in [0.15, 0.2) is 267 Å². The van der Waals surface area contributed by atoms with Gasteiger partial charge < -0.3 is 40.2 Å². The predicted molar refractivity (Wildman–Crippen MR) is 498 cm³/mol. The highest BCUT2D eigenvalue weighted by atomic mass is 16.5. The molecule has 132 heavy (non-hydrogen) atoms. The summed E-state index contributed by atoms with van der Waals surface area (Å²) in [5, 5.41) is 12.8. The van der Waals surface area contributed by atoms with Crippen LogP contribution in [-0.4, -0.2) is 141 Å². The lowest BCUT2D eigenvalue weighted by atomic mass is 9.89. The molecule has 8 bridgehead atoms. The lowest BCUT2D eigenvalue weighted by Crippen LogP contribution is -2.48. The zero-order valence-corrected chi connectivity index (χ0v) is 73.3. The Hall–Kier alpha value is -15.7. The number of benzene rings is 12. The molecule has 24 heteroatoms. The Morgan fingerprint density at radius 2 is 0.394 bits per heavy atom. The predicted octanol–water partition coefficient (Wildman–Crippen LogP) is 16.9. The Bertz CT molecular complexity index is 5560. The van der Waals surface area contributed by atoms with Gasteiger partial charge in [-0.2, -0.15) is 0 Å². The van der Waals surface area contributed by atoms with Gasteiger partial charge in [-0.25, -0.2) is 0 Å². The maximum atomic E-state index is 16.1. The average molecular weight is 1760 g/mol. The molecule has 24 nitrogen and oxygen atoms in total. The minimum absolute atomic E-state index is 0.0986. The normalized spacial score (nSPS) is 14.5. The van der Waals surface area contributed by atoms with Crippen LogP contribution < -0.4 is 40.2 Å². The summed E-state index contributed by atoms with van der Waals surface area (Å²) < 4.78 is 28.5. The molecule has 1 aliphatic carbocycles. The van der Waals surface area contributed by atoms with Crippen molar-refractivity contribution in [2.24, 2.45) is 0 Å². The van der Waals surface area contributed by atoms with Crippen molar-refractivity contribution >= 4 is 93.6 Å². The molecule has 12 aromatic carbocycles. The monoisotopic (exact) mass is 1760 g/mol. The van der Waals surface area contributed by atoms with Crippen LogP contribution in [0.1, 0.15) is 203 Å². The van der Waals surface area contributed by atoms with Gasteiger partial charge in [0.2, 0.25) is 23.6 Å². The summed E-state index contributed by atoms with van der Waals surface area (Å²) >= 11 is 0. The summed E-state index contributed by atoms with van der Waals surface area (Å²) in [4.78, 5) is 187. The third kappa shape index (κ3) is 18.1. The van der Waals surface area contributed by atoms with Crippen molar-refractivity contribution < 1.29 is 76.5 Å². The molecule has 4 unspecified atom stereocenters. The van der Waals surface area contributed by atoms with E-state index in [9.17, 15) is 38.4 Å². The molecular weight excluding hydrogens is 1670 g/mol. The SMILES string of the molecule is CCCOc1c2cc(NC(=O)C(Cc3ccccc3)N3C(=O)c4ccccc4C3=O)cc1Cc1cc(NC(=O)C(Cc3ccccc3)N3C(=O)c4ccccc4C3=O)cc(c1OCCC)Cc1cc(NC(=O)C(Cc3ccccc3)N3C(=O)c4ccccc4C3=O)cc(c1OCCC)Cc1cc(NC(=O)C(Cc3ccccc3)N3C(=O)c4ccccc4C3=O)cc(c1OCCC)C2. The number of nitrogens with zero attached hydrogens (tertiary/aromatic N) is 4. The molecule has 0 spiro atoms. The van der Waals surface area contributed by atoms with E-state index in [4.69, 9.17) is 18.9 Å². The van der Waals surface area contributed by atoms with Gasteiger partial charge in [0.05, 0.1) is 70.9 Å². The Kier molecular flexibility index (Phi) is 26.1. The van der Waals surface area contributed by atoms with Gasteiger partial charge in [-0.3, -0.25) is 77.1 Å². The zero-order chi connectivity index (χ0) is 91.8. The Labute approximate surface area is 763 Å². The Morgan fingerprint density at radius 1 is 0.242 bits per heavy atom. The minimum atomic E-state index is -1.44. The number of nitrogens with one attached hydrogen (secondary N) is 4. The van der Waals surface area contributed by atoms with Crippen molar-refractivity contribution in [3.05, 3.63) is 378 Å². The summed E-state index contributed by atoms with van der Waals surface area (Å²) in [5.41, 5.74) is 7.78. The van der Waals surface area contributed by atoms with Crippen LogP contribution in [0.25, 0.3) is 0 Å².